The van der Waals surface area contributed by atoms with E-state index in [2.05, 4.69) is 0 Å². The number of rotatable bonds is 5. The third-order valence-corrected chi connectivity index (χ3v) is 6.10. The quantitative estimate of drug-likeness (QED) is 0.505. The van der Waals surface area contributed by atoms with E-state index in [1.54, 1.807) is 21.3 Å². The fraction of sp³-hybridized carbons (Fsp3) is 0.240. The summed E-state index contributed by atoms with van der Waals surface area (Å²) in [7, 11) is 4.91. The third-order valence-electron chi connectivity index (χ3n) is 5.87. The number of ether oxygens (including phenoxy) is 4. The molecule has 0 saturated heterocycles. The monoisotopic (exact) mass is 450 g/mol. The van der Waals surface area contributed by atoms with Crippen molar-refractivity contribution < 1.29 is 18.9 Å². The van der Waals surface area contributed by atoms with Crippen LogP contribution < -0.4 is 18.9 Å². The van der Waals surface area contributed by atoms with Gasteiger partial charge in [0.2, 0.25) is 6.23 Å². The Morgan fingerprint density at radius 2 is 1.69 bits per heavy atom. The van der Waals surface area contributed by atoms with Crippen molar-refractivity contribution in [2.24, 2.45) is 5.10 Å². The second-order valence-electron chi connectivity index (χ2n) is 7.64. The molecule has 0 aromatic heterocycles. The van der Waals surface area contributed by atoms with Crippen LogP contribution in [0.25, 0.3) is 0 Å². The number of hydrogen-bond acceptors (Lipinski definition) is 6. The van der Waals surface area contributed by atoms with Gasteiger partial charge in [0.15, 0.2) is 11.5 Å². The minimum Gasteiger partial charge on any atom is -0.497 e. The minimum atomic E-state index is -0.364. The first kappa shape index (κ1) is 20.5. The van der Waals surface area contributed by atoms with E-state index in [9.17, 15) is 0 Å². The summed E-state index contributed by atoms with van der Waals surface area (Å²) in [5, 5.41) is 7.69. The van der Waals surface area contributed by atoms with Crippen LogP contribution in [0.2, 0.25) is 5.02 Å². The zero-order valence-electron chi connectivity index (χ0n) is 18.0. The highest BCUT2D eigenvalue weighted by molar-refractivity contribution is 6.30. The van der Waals surface area contributed by atoms with E-state index in [0.717, 1.165) is 40.3 Å². The molecule has 0 unspecified atom stereocenters. The highest BCUT2D eigenvalue weighted by Gasteiger charge is 2.41. The predicted molar refractivity (Wildman–Crippen MR) is 123 cm³/mol. The first-order valence-electron chi connectivity index (χ1n) is 10.3. The van der Waals surface area contributed by atoms with Crippen molar-refractivity contribution in [2.75, 3.05) is 21.3 Å². The molecule has 3 aromatic carbocycles. The Labute approximate surface area is 191 Å². The Hall–Kier alpha value is -3.38. The molecule has 0 N–H and O–H groups in total. The molecule has 32 heavy (non-hydrogen) atoms. The average molecular weight is 451 g/mol. The Balaban J connectivity index is 1.57. The molecule has 6 nitrogen and oxygen atoms in total. The lowest BCUT2D eigenvalue weighted by Crippen LogP contribution is -2.33. The molecule has 7 heteroatoms. The summed E-state index contributed by atoms with van der Waals surface area (Å²) in [4.78, 5) is 0. The number of methoxy groups -OCH3 is 3. The van der Waals surface area contributed by atoms with Crippen LogP contribution in [0.1, 0.15) is 35.4 Å². The zero-order chi connectivity index (χ0) is 22.2. The van der Waals surface area contributed by atoms with Crippen LogP contribution in [0.5, 0.6) is 23.0 Å². The van der Waals surface area contributed by atoms with Crippen LogP contribution >= 0.6 is 11.6 Å². The molecule has 0 radical (unpaired) electrons. The summed E-state index contributed by atoms with van der Waals surface area (Å²) < 4.78 is 22.6. The van der Waals surface area contributed by atoms with Crippen LogP contribution in [-0.2, 0) is 0 Å². The molecule has 0 saturated carbocycles. The largest absolute Gasteiger partial charge is 0.497 e. The molecular formula is C25H23ClN2O4. The lowest BCUT2D eigenvalue weighted by atomic mass is 9.95. The van der Waals surface area contributed by atoms with Crippen LogP contribution in [0.4, 0.5) is 0 Å². The van der Waals surface area contributed by atoms with Gasteiger partial charge in [-0.25, -0.2) is 5.01 Å². The fourth-order valence-corrected chi connectivity index (χ4v) is 4.42. The van der Waals surface area contributed by atoms with E-state index in [-0.39, 0.29) is 12.3 Å². The molecule has 2 heterocycles. The molecule has 0 fully saturated rings. The molecule has 2 atom stereocenters. The Kier molecular flexibility index (Phi) is 5.31. The van der Waals surface area contributed by atoms with Crippen molar-refractivity contribution in [1.29, 1.82) is 0 Å². The van der Waals surface area contributed by atoms with Crippen molar-refractivity contribution in [3.63, 3.8) is 0 Å². The van der Waals surface area contributed by atoms with Crippen LogP contribution in [0, 0.1) is 0 Å². The van der Waals surface area contributed by atoms with Gasteiger partial charge in [-0.1, -0.05) is 11.6 Å². The smallest absolute Gasteiger partial charge is 0.213 e. The summed E-state index contributed by atoms with van der Waals surface area (Å²) in [6.45, 7) is 0. The SMILES string of the molecule is COc1ccc([C@H]2Oc3ccc(Cl)cc3[C@H]3CC(c4ccc(OC)c(OC)c4)=NN32)cc1. The average Bonchev–Trinajstić information content (AvgIpc) is 3.29. The summed E-state index contributed by atoms with van der Waals surface area (Å²) in [5.41, 5.74) is 3.95. The van der Waals surface area contributed by atoms with Gasteiger partial charge in [0.05, 0.1) is 33.1 Å². The number of hydrogen-bond donors (Lipinski definition) is 0. The number of nitrogens with zero attached hydrogens (tertiary/aromatic N) is 2. The van der Waals surface area contributed by atoms with Gasteiger partial charge in [-0.15, -0.1) is 0 Å². The molecule has 0 spiro atoms. The lowest BCUT2D eigenvalue weighted by molar-refractivity contribution is -0.0190. The zero-order valence-corrected chi connectivity index (χ0v) is 18.8. The number of benzene rings is 3. The maximum Gasteiger partial charge on any atom is 0.213 e. The Bertz CT molecular complexity index is 1180. The highest BCUT2D eigenvalue weighted by atomic mass is 35.5. The normalized spacial score (nSPS) is 18.9. The van der Waals surface area contributed by atoms with Gasteiger partial charge in [0.25, 0.3) is 0 Å². The summed E-state index contributed by atoms with van der Waals surface area (Å²) in [6, 6.07) is 19.5. The second-order valence-corrected chi connectivity index (χ2v) is 8.08. The molecule has 3 aromatic rings. The molecule has 2 aliphatic heterocycles. The number of halogens is 1. The Morgan fingerprint density at radius 3 is 2.41 bits per heavy atom. The third kappa shape index (κ3) is 3.50. The van der Waals surface area contributed by atoms with Gasteiger partial charge >= 0.3 is 0 Å². The van der Waals surface area contributed by atoms with E-state index in [1.807, 2.05) is 65.7 Å². The predicted octanol–water partition coefficient (Wildman–Crippen LogP) is 5.61. The van der Waals surface area contributed by atoms with Crippen molar-refractivity contribution in [2.45, 2.75) is 18.7 Å². The second kappa shape index (κ2) is 8.28. The van der Waals surface area contributed by atoms with Crippen molar-refractivity contribution in [3.8, 4) is 23.0 Å². The molecule has 0 aliphatic carbocycles. The van der Waals surface area contributed by atoms with Gasteiger partial charge in [0.1, 0.15) is 11.5 Å². The van der Waals surface area contributed by atoms with Gasteiger partial charge < -0.3 is 18.9 Å². The number of hydrazone groups is 1. The molecule has 164 valence electrons. The van der Waals surface area contributed by atoms with E-state index in [4.69, 9.17) is 35.6 Å². The van der Waals surface area contributed by atoms with Crippen molar-refractivity contribution in [3.05, 3.63) is 82.4 Å². The molecule has 5 rings (SSSR count). The van der Waals surface area contributed by atoms with Gasteiger partial charge in [0, 0.05) is 28.1 Å². The van der Waals surface area contributed by atoms with Gasteiger partial charge in [-0.3, -0.25) is 0 Å². The molecule has 0 amide bonds. The highest BCUT2D eigenvalue weighted by Crippen LogP contribution is 2.48. The summed E-state index contributed by atoms with van der Waals surface area (Å²) >= 11 is 6.32. The molecular weight excluding hydrogens is 428 g/mol. The van der Waals surface area contributed by atoms with Crippen LogP contribution in [0.15, 0.2) is 65.8 Å². The standard InChI is InChI=1S/C25H23ClN2O4/c1-29-18-8-4-15(5-9-18)25-28-21(19-13-17(26)7-11-22(19)32-25)14-20(27-28)16-6-10-23(30-2)24(12-16)31-3/h4-13,21,25H,14H2,1-3H3/t21-,25-/m1/s1. The van der Waals surface area contributed by atoms with Gasteiger partial charge in [-0.05, 0) is 60.7 Å². The first-order valence-corrected chi connectivity index (χ1v) is 10.7. The minimum absolute atomic E-state index is 0.00708. The summed E-state index contributed by atoms with van der Waals surface area (Å²) in [6.07, 6.45) is 0.357. The molecule has 2 aliphatic rings. The molecule has 0 bridgehead atoms. The van der Waals surface area contributed by atoms with E-state index >= 15 is 0 Å². The topological polar surface area (TPSA) is 52.5 Å². The van der Waals surface area contributed by atoms with Crippen molar-refractivity contribution in [1.82, 2.24) is 5.01 Å². The first-order chi connectivity index (χ1) is 15.6. The van der Waals surface area contributed by atoms with E-state index < -0.39 is 0 Å². The van der Waals surface area contributed by atoms with Crippen LogP contribution in [-0.4, -0.2) is 32.0 Å². The lowest BCUT2D eigenvalue weighted by Gasteiger charge is -2.38. The van der Waals surface area contributed by atoms with Crippen molar-refractivity contribution >= 4 is 17.3 Å². The van der Waals surface area contributed by atoms with Gasteiger partial charge in [-0.2, -0.15) is 5.10 Å². The van der Waals surface area contributed by atoms with E-state index in [0.29, 0.717) is 16.5 Å². The van der Waals surface area contributed by atoms with Crippen LogP contribution in [0.3, 0.4) is 0 Å². The Morgan fingerprint density at radius 1 is 0.906 bits per heavy atom. The fourth-order valence-electron chi connectivity index (χ4n) is 4.24. The van der Waals surface area contributed by atoms with E-state index in [1.165, 1.54) is 0 Å². The maximum atomic E-state index is 6.40. The maximum absolute atomic E-state index is 6.40. The number of fused-ring (bicyclic) bond motifs is 3. The summed E-state index contributed by atoms with van der Waals surface area (Å²) in [5.74, 6) is 2.97.